The van der Waals surface area contributed by atoms with Crippen molar-refractivity contribution in [3.8, 4) is 22.9 Å². The summed E-state index contributed by atoms with van der Waals surface area (Å²) in [4.78, 5) is 12.6. The summed E-state index contributed by atoms with van der Waals surface area (Å²) in [5, 5.41) is 12.1. The molecular formula is C24H19F3N2O2. The number of hydrogen-bond acceptors (Lipinski definition) is 3. The number of nitrogens with one attached hydrogen (secondary N) is 1. The van der Waals surface area contributed by atoms with Crippen molar-refractivity contribution >= 4 is 5.91 Å². The third-order valence-electron chi connectivity index (χ3n) is 4.60. The van der Waals surface area contributed by atoms with Gasteiger partial charge in [-0.15, -0.1) is 0 Å². The Kier molecular flexibility index (Phi) is 6.30. The minimum absolute atomic E-state index is 0.317. The molecule has 1 N–H and O–H groups in total. The Morgan fingerprint density at radius 3 is 2.13 bits per heavy atom. The maximum Gasteiger partial charge on any atom is 0.419 e. The van der Waals surface area contributed by atoms with Crippen LogP contribution in [-0.2, 0) is 6.18 Å². The van der Waals surface area contributed by atoms with Crippen molar-refractivity contribution < 1.29 is 22.7 Å². The lowest BCUT2D eigenvalue weighted by Crippen LogP contribution is -2.49. The Hall–Kier alpha value is -3.79. The predicted molar refractivity (Wildman–Crippen MR) is 110 cm³/mol. The normalized spacial score (nSPS) is 13.0. The van der Waals surface area contributed by atoms with Gasteiger partial charge in [-0.05, 0) is 42.3 Å². The molecule has 0 bridgehead atoms. The largest absolute Gasteiger partial charge is 0.489 e. The first-order valence-corrected chi connectivity index (χ1v) is 9.40. The molecule has 7 heteroatoms. The second kappa shape index (κ2) is 8.92. The molecule has 3 rings (SSSR count). The van der Waals surface area contributed by atoms with E-state index in [4.69, 9.17) is 4.74 Å². The molecule has 0 heterocycles. The molecule has 3 aromatic rings. The molecule has 0 spiro atoms. The minimum atomic E-state index is -4.59. The molecule has 3 aromatic carbocycles. The number of rotatable bonds is 6. The van der Waals surface area contributed by atoms with Crippen molar-refractivity contribution in [3.63, 3.8) is 0 Å². The lowest BCUT2D eigenvalue weighted by Gasteiger charge is -2.24. The van der Waals surface area contributed by atoms with Crippen LogP contribution in [-0.4, -0.2) is 18.1 Å². The Morgan fingerprint density at radius 2 is 1.52 bits per heavy atom. The number of nitrogens with zero attached hydrogens (tertiary/aromatic N) is 1. The average molecular weight is 424 g/mol. The molecule has 1 amide bonds. The standard InChI is InChI=1S/C24H19F3N2O2/c1-23(15-28,16-31-21-10-6-5-9-20(21)24(25,26)27)29-22(30)19-13-11-18(12-14-19)17-7-3-2-4-8-17/h2-14H,16H2,1H3,(H,29,30). The Balaban J connectivity index is 1.70. The first-order chi connectivity index (χ1) is 14.7. The molecule has 1 atom stereocenters. The van der Waals surface area contributed by atoms with Crippen LogP contribution in [0.15, 0.2) is 78.9 Å². The van der Waals surface area contributed by atoms with Crippen molar-refractivity contribution in [2.45, 2.75) is 18.6 Å². The van der Waals surface area contributed by atoms with Gasteiger partial charge < -0.3 is 10.1 Å². The molecule has 4 nitrogen and oxygen atoms in total. The fourth-order valence-electron chi connectivity index (χ4n) is 2.91. The summed E-state index contributed by atoms with van der Waals surface area (Å²) >= 11 is 0. The molecule has 0 aliphatic rings. The Labute approximate surface area is 177 Å². The zero-order valence-electron chi connectivity index (χ0n) is 16.6. The van der Waals surface area contributed by atoms with Crippen molar-refractivity contribution in [2.75, 3.05) is 6.61 Å². The molecule has 0 saturated heterocycles. The van der Waals surface area contributed by atoms with E-state index in [1.54, 1.807) is 24.3 Å². The van der Waals surface area contributed by atoms with Crippen molar-refractivity contribution in [3.05, 3.63) is 90.0 Å². The summed E-state index contributed by atoms with van der Waals surface area (Å²) in [6.07, 6.45) is -4.59. The highest BCUT2D eigenvalue weighted by Crippen LogP contribution is 2.36. The maximum atomic E-state index is 13.1. The van der Waals surface area contributed by atoms with Gasteiger partial charge in [0, 0.05) is 5.56 Å². The van der Waals surface area contributed by atoms with Crippen LogP contribution in [0.1, 0.15) is 22.8 Å². The Bertz CT molecular complexity index is 1090. The van der Waals surface area contributed by atoms with Crippen LogP contribution in [0.2, 0.25) is 0 Å². The van der Waals surface area contributed by atoms with Crippen LogP contribution in [0.25, 0.3) is 11.1 Å². The van der Waals surface area contributed by atoms with E-state index in [1.807, 2.05) is 36.4 Å². The SMILES string of the molecule is CC(C#N)(COc1ccccc1C(F)(F)F)NC(=O)c1ccc(-c2ccccc2)cc1. The first-order valence-electron chi connectivity index (χ1n) is 9.40. The highest BCUT2D eigenvalue weighted by atomic mass is 19.4. The number of ether oxygens (including phenoxy) is 1. The molecule has 0 saturated carbocycles. The zero-order valence-corrected chi connectivity index (χ0v) is 16.6. The summed E-state index contributed by atoms with van der Waals surface area (Å²) in [5.41, 5.74) is -0.247. The summed E-state index contributed by atoms with van der Waals surface area (Å²) in [7, 11) is 0. The van der Waals surface area contributed by atoms with Gasteiger partial charge in [0.05, 0.1) is 11.6 Å². The molecule has 158 valence electrons. The second-order valence-corrected chi connectivity index (χ2v) is 7.12. The van der Waals surface area contributed by atoms with Crippen LogP contribution >= 0.6 is 0 Å². The highest BCUT2D eigenvalue weighted by Gasteiger charge is 2.35. The number of para-hydroxylation sites is 1. The third-order valence-corrected chi connectivity index (χ3v) is 4.60. The zero-order chi connectivity index (χ0) is 22.5. The number of benzene rings is 3. The van der Waals surface area contributed by atoms with Gasteiger partial charge in [0.2, 0.25) is 0 Å². The van der Waals surface area contributed by atoms with Crippen LogP contribution < -0.4 is 10.1 Å². The number of alkyl halides is 3. The van der Waals surface area contributed by atoms with E-state index in [0.717, 1.165) is 17.2 Å². The average Bonchev–Trinajstić information content (AvgIpc) is 2.78. The van der Waals surface area contributed by atoms with E-state index in [2.05, 4.69) is 5.32 Å². The van der Waals surface area contributed by atoms with Gasteiger partial charge in [-0.1, -0.05) is 54.6 Å². The fraction of sp³-hybridized carbons (Fsp3) is 0.167. The molecular weight excluding hydrogens is 405 g/mol. The summed E-state index contributed by atoms with van der Waals surface area (Å²) < 4.78 is 44.6. The number of hydrogen-bond donors (Lipinski definition) is 1. The lowest BCUT2D eigenvalue weighted by molar-refractivity contribution is -0.139. The van der Waals surface area contributed by atoms with Crippen molar-refractivity contribution in [1.29, 1.82) is 5.26 Å². The number of amides is 1. The van der Waals surface area contributed by atoms with Crippen LogP contribution in [0.5, 0.6) is 5.75 Å². The number of nitriles is 1. The molecule has 0 radical (unpaired) electrons. The maximum absolute atomic E-state index is 13.1. The number of carbonyl (C=O) groups is 1. The highest BCUT2D eigenvalue weighted by molar-refractivity contribution is 5.95. The lowest BCUT2D eigenvalue weighted by atomic mass is 10.0. The molecule has 0 aromatic heterocycles. The van der Waals surface area contributed by atoms with E-state index in [1.165, 1.54) is 25.1 Å². The van der Waals surface area contributed by atoms with Crippen molar-refractivity contribution in [1.82, 2.24) is 5.32 Å². The van der Waals surface area contributed by atoms with E-state index >= 15 is 0 Å². The number of carbonyl (C=O) groups excluding carboxylic acids is 1. The van der Waals surface area contributed by atoms with Crippen LogP contribution in [0.3, 0.4) is 0 Å². The van der Waals surface area contributed by atoms with Gasteiger partial charge in [0.1, 0.15) is 12.4 Å². The molecule has 0 aliphatic heterocycles. The van der Waals surface area contributed by atoms with Crippen LogP contribution in [0.4, 0.5) is 13.2 Å². The predicted octanol–water partition coefficient (Wildman–Crippen LogP) is 5.46. The van der Waals surface area contributed by atoms with E-state index < -0.39 is 35.5 Å². The minimum Gasteiger partial charge on any atom is -0.489 e. The van der Waals surface area contributed by atoms with Gasteiger partial charge in [0.15, 0.2) is 5.54 Å². The van der Waals surface area contributed by atoms with Gasteiger partial charge in [-0.3, -0.25) is 4.79 Å². The smallest absolute Gasteiger partial charge is 0.419 e. The fourth-order valence-corrected chi connectivity index (χ4v) is 2.91. The van der Waals surface area contributed by atoms with E-state index in [0.29, 0.717) is 5.56 Å². The molecule has 0 aliphatic carbocycles. The second-order valence-electron chi connectivity index (χ2n) is 7.12. The summed E-state index contributed by atoms with van der Waals surface area (Å²) in [5.74, 6) is -0.936. The third kappa shape index (κ3) is 5.43. The van der Waals surface area contributed by atoms with E-state index in [-0.39, 0.29) is 0 Å². The van der Waals surface area contributed by atoms with Gasteiger partial charge in [0.25, 0.3) is 5.91 Å². The van der Waals surface area contributed by atoms with E-state index in [9.17, 15) is 23.2 Å². The van der Waals surface area contributed by atoms with Gasteiger partial charge in [-0.2, -0.15) is 18.4 Å². The van der Waals surface area contributed by atoms with Gasteiger partial charge in [-0.25, -0.2) is 0 Å². The monoisotopic (exact) mass is 424 g/mol. The first kappa shape index (κ1) is 21.9. The van der Waals surface area contributed by atoms with Gasteiger partial charge >= 0.3 is 6.18 Å². The molecule has 31 heavy (non-hydrogen) atoms. The quantitative estimate of drug-likeness (QED) is 0.571. The summed E-state index contributed by atoms with van der Waals surface area (Å²) in [6.45, 7) is 0.934. The topological polar surface area (TPSA) is 62.1 Å². The summed E-state index contributed by atoms with van der Waals surface area (Å²) in [6, 6.07) is 23.0. The molecule has 0 fully saturated rings. The number of halogens is 3. The Morgan fingerprint density at radius 1 is 0.935 bits per heavy atom. The molecule has 1 unspecified atom stereocenters. The van der Waals surface area contributed by atoms with Crippen LogP contribution in [0, 0.1) is 11.3 Å². The van der Waals surface area contributed by atoms with Crippen molar-refractivity contribution in [2.24, 2.45) is 0 Å².